The summed E-state index contributed by atoms with van der Waals surface area (Å²) >= 11 is 0. The summed E-state index contributed by atoms with van der Waals surface area (Å²) < 4.78 is 0. The molecule has 4 nitrogen and oxygen atoms in total. The molecular formula is C16H27N3O. The lowest BCUT2D eigenvalue weighted by Crippen LogP contribution is -2.46. The Kier molecular flexibility index (Phi) is 6.02. The van der Waals surface area contributed by atoms with Crippen molar-refractivity contribution in [3.05, 3.63) is 29.8 Å². The number of hydrogen-bond acceptors (Lipinski definition) is 3. The number of hydrogen-bond donors (Lipinski definition) is 2. The predicted octanol–water partition coefficient (Wildman–Crippen LogP) is 2.06. The SMILES string of the molecule is Cc1ccccc1N(CCCN)CC(=O)NC(C)(C)C. The maximum absolute atomic E-state index is 12.1. The summed E-state index contributed by atoms with van der Waals surface area (Å²) in [4.78, 5) is 14.2. The van der Waals surface area contributed by atoms with Crippen LogP contribution in [0.25, 0.3) is 0 Å². The number of amides is 1. The van der Waals surface area contributed by atoms with Gasteiger partial charge in [0, 0.05) is 17.8 Å². The van der Waals surface area contributed by atoms with E-state index in [1.54, 1.807) is 0 Å². The molecule has 1 aromatic rings. The van der Waals surface area contributed by atoms with Crippen LogP contribution in [0.4, 0.5) is 5.69 Å². The Labute approximate surface area is 122 Å². The van der Waals surface area contributed by atoms with Gasteiger partial charge in [-0.2, -0.15) is 0 Å². The minimum Gasteiger partial charge on any atom is -0.362 e. The summed E-state index contributed by atoms with van der Waals surface area (Å²) in [5.74, 6) is 0.0396. The summed E-state index contributed by atoms with van der Waals surface area (Å²) in [6.07, 6.45) is 0.872. The van der Waals surface area contributed by atoms with Crippen molar-refractivity contribution in [1.29, 1.82) is 0 Å². The summed E-state index contributed by atoms with van der Waals surface area (Å²) in [5, 5.41) is 3.00. The van der Waals surface area contributed by atoms with Gasteiger partial charge < -0.3 is 16.0 Å². The van der Waals surface area contributed by atoms with E-state index in [4.69, 9.17) is 5.73 Å². The van der Waals surface area contributed by atoms with Gasteiger partial charge in [0.15, 0.2) is 0 Å². The molecule has 3 N–H and O–H groups in total. The van der Waals surface area contributed by atoms with Gasteiger partial charge in [0.2, 0.25) is 5.91 Å². The predicted molar refractivity (Wildman–Crippen MR) is 85.0 cm³/mol. The molecule has 0 radical (unpaired) electrons. The molecule has 1 amide bonds. The Balaban J connectivity index is 2.80. The van der Waals surface area contributed by atoms with Gasteiger partial charge in [-0.25, -0.2) is 0 Å². The molecule has 4 heteroatoms. The van der Waals surface area contributed by atoms with Gasteiger partial charge in [0.05, 0.1) is 6.54 Å². The smallest absolute Gasteiger partial charge is 0.239 e. The maximum Gasteiger partial charge on any atom is 0.239 e. The van der Waals surface area contributed by atoms with Crippen LogP contribution in [-0.4, -0.2) is 31.1 Å². The molecule has 0 unspecified atom stereocenters. The molecule has 112 valence electrons. The molecular weight excluding hydrogens is 250 g/mol. The number of rotatable bonds is 6. The highest BCUT2D eigenvalue weighted by atomic mass is 16.2. The van der Waals surface area contributed by atoms with E-state index in [2.05, 4.69) is 29.3 Å². The van der Waals surface area contributed by atoms with Gasteiger partial charge in [-0.15, -0.1) is 0 Å². The first-order valence-corrected chi connectivity index (χ1v) is 7.15. The molecule has 0 aliphatic heterocycles. The molecule has 1 rings (SSSR count). The monoisotopic (exact) mass is 277 g/mol. The van der Waals surface area contributed by atoms with Crippen LogP contribution >= 0.6 is 0 Å². The van der Waals surface area contributed by atoms with Crippen molar-refractivity contribution in [1.82, 2.24) is 5.32 Å². The van der Waals surface area contributed by atoms with Gasteiger partial charge in [-0.3, -0.25) is 4.79 Å². The molecule has 0 heterocycles. The van der Waals surface area contributed by atoms with E-state index in [1.165, 1.54) is 5.56 Å². The third kappa shape index (κ3) is 5.61. The van der Waals surface area contributed by atoms with E-state index in [0.717, 1.165) is 18.7 Å². The summed E-state index contributed by atoms with van der Waals surface area (Å²) in [6, 6.07) is 8.12. The molecule has 20 heavy (non-hydrogen) atoms. The van der Waals surface area contributed by atoms with Crippen LogP contribution < -0.4 is 16.0 Å². The molecule has 0 bridgehead atoms. The number of carbonyl (C=O) groups is 1. The molecule has 0 aromatic heterocycles. The molecule has 0 saturated heterocycles. The average Bonchev–Trinajstić information content (AvgIpc) is 2.33. The Bertz CT molecular complexity index is 438. The van der Waals surface area contributed by atoms with Crippen LogP contribution in [0.5, 0.6) is 0 Å². The quantitative estimate of drug-likeness (QED) is 0.837. The van der Waals surface area contributed by atoms with Crippen LogP contribution in [0.2, 0.25) is 0 Å². The lowest BCUT2D eigenvalue weighted by molar-refractivity contribution is -0.121. The number of nitrogens with one attached hydrogen (secondary N) is 1. The molecule has 0 spiro atoms. The van der Waals surface area contributed by atoms with Crippen molar-refractivity contribution in [2.24, 2.45) is 5.73 Å². The van der Waals surface area contributed by atoms with Gasteiger partial charge >= 0.3 is 0 Å². The number of benzene rings is 1. The fourth-order valence-corrected chi connectivity index (χ4v) is 2.12. The summed E-state index contributed by atoms with van der Waals surface area (Å²) in [7, 11) is 0. The van der Waals surface area contributed by atoms with Gasteiger partial charge in [0.1, 0.15) is 0 Å². The average molecular weight is 277 g/mol. The van der Waals surface area contributed by atoms with Crippen LogP contribution in [-0.2, 0) is 4.79 Å². The highest BCUT2D eigenvalue weighted by Crippen LogP contribution is 2.19. The fourth-order valence-electron chi connectivity index (χ4n) is 2.12. The highest BCUT2D eigenvalue weighted by Gasteiger charge is 2.17. The Morgan fingerprint density at radius 3 is 2.50 bits per heavy atom. The number of aryl methyl sites for hydroxylation is 1. The second-order valence-corrected chi connectivity index (χ2v) is 6.15. The van der Waals surface area contributed by atoms with E-state index < -0.39 is 0 Å². The molecule has 0 aliphatic carbocycles. The van der Waals surface area contributed by atoms with E-state index >= 15 is 0 Å². The summed E-state index contributed by atoms with van der Waals surface area (Å²) in [6.45, 7) is 9.81. The van der Waals surface area contributed by atoms with E-state index in [0.29, 0.717) is 13.1 Å². The van der Waals surface area contributed by atoms with Crippen molar-refractivity contribution in [2.75, 3.05) is 24.5 Å². The maximum atomic E-state index is 12.1. The molecule has 1 aromatic carbocycles. The Morgan fingerprint density at radius 2 is 1.95 bits per heavy atom. The highest BCUT2D eigenvalue weighted by molar-refractivity contribution is 5.82. The van der Waals surface area contributed by atoms with E-state index in [1.807, 2.05) is 32.9 Å². The lowest BCUT2D eigenvalue weighted by atomic mass is 10.1. The minimum atomic E-state index is -0.206. The van der Waals surface area contributed by atoms with Gasteiger partial charge in [0.25, 0.3) is 0 Å². The standard InChI is InChI=1S/C16H27N3O/c1-13-8-5-6-9-14(13)19(11-7-10-17)12-15(20)18-16(2,3)4/h5-6,8-9H,7,10-12,17H2,1-4H3,(H,18,20). The largest absolute Gasteiger partial charge is 0.362 e. The van der Waals surface area contributed by atoms with Crippen LogP contribution in [0.1, 0.15) is 32.8 Å². The first-order valence-electron chi connectivity index (χ1n) is 7.15. The fraction of sp³-hybridized carbons (Fsp3) is 0.562. The van der Waals surface area contributed by atoms with Crippen molar-refractivity contribution < 1.29 is 4.79 Å². The number of nitrogens with zero attached hydrogens (tertiary/aromatic N) is 1. The van der Waals surface area contributed by atoms with Gasteiger partial charge in [-0.1, -0.05) is 18.2 Å². The van der Waals surface area contributed by atoms with Crippen molar-refractivity contribution in [3.63, 3.8) is 0 Å². The molecule has 0 aliphatic rings. The molecule has 0 saturated carbocycles. The first kappa shape index (κ1) is 16.5. The third-order valence-corrected chi connectivity index (χ3v) is 2.94. The van der Waals surface area contributed by atoms with Crippen LogP contribution in [0.15, 0.2) is 24.3 Å². The van der Waals surface area contributed by atoms with Crippen molar-refractivity contribution in [2.45, 2.75) is 39.7 Å². The first-order chi connectivity index (χ1) is 9.33. The zero-order chi connectivity index (χ0) is 15.2. The zero-order valence-corrected chi connectivity index (χ0v) is 13.1. The number of carbonyl (C=O) groups excluding carboxylic acids is 1. The summed E-state index contributed by atoms with van der Waals surface area (Å²) in [5.41, 5.74) is 7.67. The van der Waals surface area contributed by atoms with Gasteiger partial charge in [-0.05, 0) is 52.3 Å². The van der Waals surface area contributed by atoms with Crippen molar-refractivity contribution >= 4 is 11.6 Å². The zero-order valence-electron chi connectivity index (χ0n) is 13.1. The Morgan fingerprint density at radius 1 is 1.30 bits per heavy atom. The second-order valence-electron chi connectivity index (χ2n) is 6.15. The van der Waals surface area contributed by atoms with Crippen LogP contribution in [0.3, 0.4) is 0 Å². The molecule has 0 atom stereocenters. The van der Waals surface area contributed by atoms with E-state index in [9.17, 15) is 4.79 Å². The number of anilines is 1. The second kappa shape index (κ2) is 7.29. The van der Waals surface area contributed by atoms with Crippen molar-refractivity contribution in [3.8, 4) is 0 Å². The third-order valence-electron chi connectivity index (χ3n) is 2.94. The number of nitrogens with two attached hydrogens (primary N) is 1. The topological polar surface area (TPSA) is 58.4 Å². The minimum absolute atomic E-state index is 0.0396. The van der Waals surface area contributed by atoms with Crippen LogP contribution in [0, 0.1) is 6.92 Å². The van der Waals surface area contributed by atoms with E-state index in [-0.39, 0.29) is 11.4 Å². The Hall–Kier alpha value is -1.55. The molecule has 0 fully saturated rings. The number of para-hydroxylation sites is 1. The lowest BCUT2D eigenvalue weighted by Gasteiger charge is -2.28. The normalized spacial score (nSPS) is 11.2.